The van der Waals surface area contributed by atoms with Crippen LogP contribution in [0.2, 0.25) is 0 Å². The molecule has 1 rings (SSSR count). The summed E-state index contributed by atoms with van der Waals surface area (Å²) in [6.07, 6.45) is 6.81. The largest absolute Gasteiger partial charge is 0.479 e. The van der Waals surface area contributed by atoms with Crippen molar-refractivity contribution in [3.63, 3.8) is 0 Å². The number of rotatable bonds is 5. The minimum atomic E-state index is -0.902. The Morgan fingerprint density at radius 1 is 1.43 bits per heavy atom. The van der Waals surface area contributed by atoms with Gasteiger partial charge in [-0.15, -0.1) is 6.58 Å². The summed E-state index contributed by atoms with van der Waals surface area (Å²) in [4.78, 5) is 11.1. The zero-order chi connectivity index (χ0) is 10.4. The van der Waals surface area contributed by atoms with Crippen LogP contribution in [0.1, 0.15) is 38.5 Å². The van der Waals surface area contributed by atoms with E-state index in [1.54, 1.807) is 6.08 Å². The highest BCUT2D eigenvalue weighted by molar-refractivity contribution is 5.77. The van der Waals surface area contributed by atoms with Crippen molar-refractivity contribution in [3.05, 3.63) is 12.7 Å². The lowest BCUT2D eigenvalue weighted by molar-refractivity contribution is -0.170. The van der Waals surface area contributed by atoms with Gasteiger partial charge in [0.05, 0.1) is 6.61 Å². The highest BCUT2D eigenvalue weighted by Gasteiger charge is 2.40. The molecule has 1 aliphatic carbocycles. The molecule has 3 nitrogen and oxygen atoms in total. The molecule has 0 aromatic heterocycles. The van der Waals surface area contributed by atoms with Crippen LogP contribution in [0.5, 0.6) is 0 Å². The van der Waals surface area contributed by atoms with E-state index >= 15 is 0 Å². The quantitative estimate of drug-likeness (QED) is 0.545. The van der Waals surface area contributed by atoms with Crippen molar-refractivity contribution in [2.24, 2.45) is 0 Å². The number of carboxylic acids is 1. The minimum absolute atomic E-state index is 0.468. The topological polar surface area (TPSA) is 46.5 Å². The van der Waals surface area contributed by atoms with Crippen LogP contribution >= 0.6 is 0 Å². The fourth-order valence-corrected chi connectivity index (χ4v) is 1.88. The molecular formula is C11H18O3. The van der Waals surface area contributed by atoms with Gasteiger partial charge in [0, 0.05) is 0 Å². The fraction of sp³-hybridized carbons (Fsp3) is 0.727. The standard InChI is InChI=1S/C11H18O3/c1-2-3-9-14-11(10(12)13)7-5-4-6-8-11/h2H,1,3-9H2,(H,12,13). The molecular weight excluding hydrogens is 180 g/mol. The van der Waals surface area contributed by atoms with E-state index in [4.69, 9.17) is 9.84 Å². The molecule has 80 valence electrons. The summed E-state index contributed by atoms with van der Waals surface area (Å²) in [6.45, 7) is 4.05. The van der Waals surface area contributed by atoms with Crippen LogP contribution in [0.3, 0.4) is 0 Å². The first kappa shape index (κ1) is 11.2. The second-order valence-corrected chi connectivity index (χ2v) is 3.79. The highest BCUT2D eigenvalue weighted by Crippen LogP contribution is 2.32. The molecule has 0 aromatic carbocycles. The van der Waals surface area contributed by atoms with Crippen LogP contribution in [0.25, 0.3) is 0 Å². The van der Waals surface area contributed by atoms with E-state index in [1.807, 2.05) is 0 Å². The average Bonchev–Trinajstić information content (AvgIpc) is 2.19. The van der Waals surface area contributed by atoms with E-state index in [2.05, 4.69) is 6.58 Å². The Kier molecular flexibility index (Phi) is 4.14. The Morgan fingerprint density at radius 3 is 2.57 bits per heavy atom. The van der Waals surface area contributed by atoms with Crippen molar-refractivity contribution in [1.29, 1.82) is 0 Å². The third-order valence-electron chi connectivity index (χ3n) is 2.75. The van der Waals surface area contributed by atoms with Crippen molar-refractivity contribution in [3.8, 4) is 0 Å². The van der Waals surface area contributed by atoms with Crippen LogP contribution in [-0.4, -0.2) is 23.3 Å². The molecule has 1 N–H and O–H groups in total. The van der Waals surface area contributed by atoms with Crippen molar-refractivity contribution >= 4 is 5.97 Å². The van der Waals surface area contributed by atoms with Gasteiger partial charge < -0.3 is 9.84 Å². The maximum absolute atomic E-state index is 11.1. The average molecular weight is 198 g/mol. The molecule has 0 aromatic rings. The monoisotopic (exact) mass is 198 g/mol. The molecule has 1 aliphatic rings. The smallest absolute Gasteiger partial charge is 0.335 e. The van der Waals surface area contributed by atoms with Crippen molar-refractivity contribution in [1.82, 2.24) is 0 Å². The summed E-state index contributed by atoms with van der Waals surface area (Å²) >= 11 is 0. The Balaban J connectivity index is 2.51. The van der Waals surface area contributed by atoms with Gasteiger partial charge in [-0.2, -0.15) is 0 Å². The number of aliphatic carboxylic acids is 1. The third-order valence-corrected chi connectivity index (χ3v) is 2.75. The first-order valence-electron chi connectivity index (χ1n) is 5.19. The highest BCUT2D eigenvalue weighted by atomic mass is 16.5. The lowest BCUT2D eigenvalue weighted by Crippen LogP contribution is -2.43. The summed E-state index contributed by atoms with van der Waals surface area (Å²) < 4.78 is 5.50. The molecule has 1 saturated carbocycles. The van der Waals surface area contributed by atoms with Gasteiger partial charge in [0.2, 0.25) is 0 Å². The fourth-order valence-electron chi connectivity index (χ4n) is 1.88. The predicted molar refractivity (Wildman–Crippen MR) is 54.2 cm³/mol. The summed E-state index contributed by atoms with van der Waals surface area (Å²) in [6, 6.07) is 0. The molecule has 0 unspecified atom stereocenters. The number of carboxylic acid groups (broad SMARTS) is 1. The van der Waals surface area contributed by atoms with Crippen LogP contribution in [0.4, 0.5) is 0 Å². The maximum atomic E-state index is 11.1. The van der Waals surface area contributed by atoms with E-state index in [0.717, 1.165) is 25.7 Å². The zero-order valence-corrected chi connectivity index (χ0v) is 8.50. The summed E-state index contributed by atoms with van der Waals surface area (Å²) in [5, 5.41) is 9.14. The number of hydrogen-bond donors (Lipinski definition) is 1. The van der Waals surface area contributed by atoms with Gasteiger partial charge in [-0.25, -0.2) is 4.79 Å². The summed E-state index contributed by atoms with van der Waals surface area (Å²) in [7, 11) is 0. The normalized spacial score (nSPS) is 20.3. The van der Waals surface area contributed by atoms with E-state index in [-0.39, 0.29) is 0 Å². The van der Waals surface area contributed by atoms with E-state index in [9.17, 15) is 4.79 Å². The predicted octanol–water partition coefficient (Wildman–Crippen LogP) is 2.37. The first-order chi connectivity index (χ1) is 6.71. The van der Waals surface area contributed by atoms with Crippen LogP contribution in [-0.2, 0) is 9.53 Å². The molecule has 0 atom stereocenters. The third kappa shape index (κ3) is 2.58. The Labute approximate surface area is 84.8 Å². The first-order valence-corrected chi connectivity index (χ1v) is 5.19. The SMILES string of the molecule is C=CCCOC1(C(=O)O)CCCCC1. The molecule has 0 amide bonds. The van der Waals surface area contributed by atoms with Crippen LogP contribution in [0, 0.1) is 0 Å². The Hall–Kier alpha value is -0.830. The van der Waals surface area contributed by atoms with E-state index in [1.165, 1.54) is 0 Å². The molecule has 0 aliphatic heterocycles. The Morgan fingerprint density at radius 2 is 2.07 bits per heavy atom. The summed E-state index contributed by atoms with van der Waals surface area (Å²) in [5.41, 5.74) is -0.902. The molecule has 14 heavy (non-hydrogen) atoms. The molecule has 0 bridgehead atoms. The molecule has 3 heteroatoms. The van der Waals surface area contributed by atoms with E-state index < -0.39 is 11.6 Å². The Bertz CT molecular complexity index is 205. The molecule has 0 spiro atoms. The summed E-state index contributed by atoms with van der Waals surface area (Å²) in [5.74, 6) is -0.804. The number of carbonyl (C=O) groups is 1. The minimum Gasteiger partial charge on any atom is -0.479 e. The van der Waals surface area contributed by atoms with Gasteiger partial charge in [0.15, 0.2) is 5.60 Å². The second kappa shape index (κ2) is 5.15. The van der Waals surface area contributed by atoms with Gasteiger partial charge in [0.1, 0.15) is 0 Å². The van der Waals surface area contributed by atoms with Crippen molar-refractivity contribution < 1.29 is 14.6 Å². The molecule has 0 saturated heterocycles. The van der Waals surface area contributed by atoms with Gasteiger partial charge in [-0.3, -0.25) is 0 Å². The lowest BCUT2D eigenvalue weighted by atomic mass is 9.84. The number of ether oxygens (including phenoxy) is 1. The molecule has 0 heterocycles. The zero-order valence-electron chi connectivity index (χ0n) is 8.50. The molecule has 0 radical (unpaired) electrons. The van der Waals surface area contributed by atoms with Crippen LogP contribution < -0.4 is 0 Å². The van der Waals surface area contributed by atoms with E-state index in [0.29, 0.717) is 19.4 Å². The van der Waals surface area contributed by atoms with Crippen LogP contribution in [0.15, 0.2) is 12.7 Å². The second-order valence-electron chi connectivity index (χ2n) is 3.79. The van der Waals surface area contributed by atoms with Crippen molar-refractivity contribution in [2.45, 2.75) is 44.1 Å². The van der Waals surface area contributed by atoms with Gasteiger partial charge in [0.25, 0.3) is 0 Å². The lowest BCUT2D eigenvalue weighted by Gasteiger charge is -2.32. The number of hydrogen-bond acceptors (Lipinski definition) is 2. The van der Waals surface area contributed by atoms with Gasteiger partial charge >= 0.3 is 5.97 Å². The van der Waals surface area contributed by atoms with Gasteiger partial charge in [-0.05, 0) is 32.1 Å². The van der Waals surface area contributed by atoms with Gasteiger partial charge in [-0.1, -0.05) is 12.5 Å². The molecule has 1 fully saturated rings. The van der Waals surface area contributed by atoms with Crippen molar-refractivity contribution in [2.75, 3.05) is 6.61 Å². The maximum Gasteiger partial charge on any atom is 0.335 e.